The minimum absolute atomic E-state index is 0.0644. The van der Waals surface area contributed by atoms with Crippen LogP contribution in [0, 0.1) is 0 Å². The Morgan fingerprint density at radius 1 is 1.18 bits per heavy atom. The molecule has 1 saturated heterocycles. The van der Waals surface area contributed by atoms with Crippen molar-refractivity contribution < 1.29 is 33.8 Å². The molecule has 0 aromatic heterocycles. The third-order valence-corrected chi connectivity index (χ3v) is 4.53. The third kappa shape index (κ3) is 3.95. The van der Waals surface area contributed by atoms with E-state index < -0.39 is 35.8 Å². The molecular formula is C18H19N3O7. The molecule has 0 bridgehead atoms. The molecule has 1 aromatic rings. The number of nitrogens with zero attached hydrogens (tertiary/aromatic N) is 1. The average molecular weight is 389 g/mol. The number of benzene rings is 1. The van der Waals surface area contributed by atoms with Crippen molar-refractivity contribution in [1.82, 2.24) is 15.5 Å². The number of hydrogen-bond donors (Lipinski definition) is 3. The predicted molar refractivity (Wildman–Crippen MR) is 93.9 cm³/mol. The van der Waals surface area contributed by atoms with Gasteiger partial charge in [0.25, 0.3) is 11.8 Å². The Morgan fingerprint density at radius 2 is 1.93 bits per heavy atom. The fourth-order valence-electron chi connectivity index (χ4n) is 3.15. The molecule has 2 heterocycles. The molecule has 0 aliphatic carbocycles. The van der Waals surface area contributed by atoms with Gasteiger partial charge in [-0.25, -0.2) is 4.79 Å². The second-order valence-corrected chi connectivity index (χ2v) is 6.44. The van der Waals surface area contributed by atoms with E-state index in [1.165, 1.54) is 12.1 Å². The van der Waals surface area contributed by atoms with E-state index in [9.17, 15) is 24.0 Å². The number of unbranched alkanes of at least 4 members (excludes halogenated alkanes) is 1. The molecule has 28 heavy (non-hydrogen) atoms. The summed E-state index contributed by atoms with van der Waals surface area (Å²) < 4.78 is 5.56. The highest BCUT2D eigenvalue weighted by Crippen LogP contribution is 2.30. The lowest BCUT2D eigenvalue weighted by atomic mass is 10.0. The number of carbonyl (C=O) groups is 5. The Hall–Kier alpha value is -3.43. The Balaban J connectivity index is 1.62. The first-order valence-electron chi connectivity index (χ1n) is 8.83. The topological polar surface area (TPSA) is 142 Å². The van der Waals surface area contributed by atoms with Crippen LogP contribution in [0.3, 0.4) is 0 Å². The summed E-state index contributed by atoms with van der Waals surface area (Å²) in [5, 5.41) is 12.9. The summed E-state index contributed by atoms with van der Waals surface area (Å²) in [4.78, 5) is 59.8. The minimum atomic E-state index is -1.08. The second kappa shape index (κ2) is 8.07. The van der Waals surface area contributed by atoms with E-state index in [2.05, 4.69) is 10.6 Å². The molecule has 3 N–H and O–H groups in total. The van der Waals surface area contributed by atoms with Crippen LogP contribution in [0.5, 0.6) is 5.75 Å². The van der Waals surface area contributed by atoms with Gasteiger partial charge in [-0.05, 0) is 37.5 Å². The molecule has 10 nitrogen and oxygen atoms in total. The number of nitrogens with one attached hydrogen (secondary N) is 2. The molecule has 3 rings (SSSR count). The molecule has 10 heteroatoms. The van der Waals surface area contributed by atoms with Gasteiger partial charge in [0.1, 0.15) is 11.8 Å². The lowest BCUT2D eigenvalue weighted by molar-refractivity contribution is -0.136. The van der Waals surface area contributed by atoms with Crippen molar-refractivity contribution in [2.45, 2.75) is 31.7 Å². The molecule has 148 valence electrons. The number of piperidine rings is 1. The summed E-state index contributed by atoms with van der Waals surface area (Å²) in [6, 6.07) is 3.49. The largest absolute Gasteiger partial charge is 0.494 e. The highest BCUT2D eigenvalue weighted by atomic mass is 16.5. The van der Waals surface area contributed by atoms with E-state index in [0.717, 1.165) is 4.90 Å². The quantitative estimate of drug-likeness (QED) is 0.456. The van der Waals surface area contributed by atoms with Crippen molar-refractivity contribution in [2.75, 3.05) is 13.2 Å². The average Bonchev–Trinajstić information content (AvgIpc) is 2.89. The van der Waals surface area contributed by atoms with E-state index >= 15 is 0 Å². The highest BCUT2D eigenvalue weighted by molar-refractivity contribution is 6.23. The van der Waals surface area contributed by atoms with Crippen LogP contribution in [0.1, 0.15) is 46.4 Å². The van der Waals surface area contributed by atoms with E-state index in [1.54, 1.807) is 6.07 Å². The lowest BCUT2D eigenvalue weighted by Crippen LogP contribution is -2.54. The zero-order valence-electron chi connectivity index (χ0n) is 14.9. The number of imide groups is 2. The van der Waals surface area contributed by atoms with Crippen LogP contribution in [-0.2, 0) is 9.59 Å². The third-order valence-electron chi connectivity index (χ3n) is 4.53. The van der Waals surface area contributed by atoms with Gasteiger partial charge < -0.3 is 15.2 Å². The molecule has 2 aliphatic rings. The van der Waals surface area contributed by atoms with Crippen LogP contribution in [0.4, 0.5) is 4.79 Å². The number of carboxylic acid groups (broad SMARTS) is 1. The van der Waals surface area contributed by atoms with Gasteiger partial charge in [0.2, 0.25) is 11.8 Å². The van der Waals surface area contributed by atoms with Crippen molar-refractivity contribution in [2.24, 2.45) is 0 Å². The molecule has 1 atom stereocenters. The van der Waals surface area contributed by atoms with E-state index in [1.807, 2.05) is 0 Å². The van der Waals surface area contributed by atoms with Crippen LogP contribution in [0.15, 0.2) is 18.2 Å². The van der Waals surface area contributed by atoms with Gasteiger partial charge in [-0.1, -0.05) is 0 Å². The van der Waals surface area contributed by atoms with Gasteiger partial charge in [-0.15, -0.1) is 0 Å². The fourth-order valence-corrected chi connectivity index (χ4v) is 3.15. The maximum atomic E-state index is 12.7. The van der Waals surface area contributed by atoms with Crippen LogP contribution in [0.25, 0.3) is 0 Å². The van der Waals surface area contributed by atoms with Crippen LogP contribution in [0.2, 0.25) is 0 Å². The zero-order chi connectivity index (χ0) is 20.3. The molecule has 2 aliphatic heterocycles. The molecular weight excluding hydrogens is 370 g/mol. The summed E-state index contributed by atoms with van der Waals surface area (Å²) in [5.74, 6) is -1.84. The van der Waals surface area contributed by atoms with Crippen molar-refractivity contribution in [3.8, 4) is 5.75 Å². The molecule has 5 amide bonds. The smallest absolute Gasteiger partial charge is 0.404 e. The molecule has 1 fully saturated rings. The van der Waals surface area contributed by atoms with Crippen LogP contribution >= 0.6 is 0 Å². The second-order valence-electron chi connectivity index (χ2n) is 6.44. The van der Waals surface area contributed by atoms with Crippen molar-refractivity contribution in [1.29, 1.82) is 0 Å². The first-order valence-corrected chi connectivity index (χ1v) is 8.83. The van der Waals surface area contributed by atoms with Crippen LogP contribution in [-0.4, -0.2) is 58.9 Å². The Kier molecular flexibility index (Phi) is 5.57. The first kappa shape index (κ1) is 19.3. The zero-order valence-corrected chi connectivity index (χ0v) is 14.9. The summed E-state index contributed by atoms with van der Waals surface area (Å²) >= 11 is 0. The van der Waals surface area contributed by atoms with E-state index in [4.69, 9.17) is 9.84 Å². The molecule has 1 aromatic carbocycles. The van der Waals surface area contributed by atoms with Crippen LogP contribution < -0.4 is 15.4 Å². The fraction of sp³-hybridized carbons (Fsp3) is 0.389. The predicted octanol–water partition coefficient (Wildman–Crippen LogP) is 0.514. The van der Waals surface area contributed by atoms with Crippen molar-refractivity contribution in [3.05, 3.63) is 29.3 Å². The SMILES string of the molecule is O=C(O)NCCCCOc1ccc2c(c1)C(=O)N(C1CCC(=O)NC1=O)C2=O. The normalized spacial score (nSPS) is 18.7. The number of rotatable bonds is 7. The summed E-state index contributed by atoms with van der Waals surface area (Å²) in [6.45, 7) is 0.635. The molecule has 0 radical (unpaired) electrons. The van der Waals surface area contributed by atoms with Gasteiger partial charge in [0.15, 0.2) is 0 Å². The summed E-state index contributed by atoms with van der Waals surface area (Å²) in [6.07, 6.45) is 0.284. The maximum absolute atomic E-state index is 12.7. The number of fused-ring (bicyclic) bond motifs is 1. The summed E-state index contributed by atoms with van der Waals surface area (Å²) in [7, 11) is 0. The minimum Gasteiger partial charge on any atom is -0.494 e. The number of hydrogen-bond acceptors (Lipinski definition) is 6. The first-order chi connectivity index (χ1) is 13.4. The van der Waals surface area contributed by atoms with Gasteiger partial charge in [0.05, 0.1) is 17.7 Å². The number of carbonyl (C=O) groups excluding carboxylic acids is 4. The van der Waals surface area contributed by atoms with Gasteiger partial charge in [-0.2, -0.15) is 0 Å². The Morgan fingerprint density at radius 3 is 2.64 bits per heavy atom. The Bertz CT molecular complexity index is 852. The number of ether oxygens (including phenoxy) is 1. The molecule has 0 spiro atoms. The van der Waals surface area contributed by atoms with Gasteiger partial charge in [-0.3, -0.25) is 29.4 Å². The van der Waals surface area contributed by atoms with Gasteiger partial charge in [0, 0.05) is 13.0 Å². The van der Waals surface area contributed by atoms with Gasteiger partial charge >= 0.3 is 6.09 Å². The molecule has 0 saturated carbocycles. The number of amides is 5. The Labute approximate surface area is 159 Å². The molecule has 1 unspecified atom stereocenters. The highest BCUT2D eigenvalue weighted by Gasteiger charge is 2.44. The van der Waals surface area contributed by atoms with E-state index in [0.29, 0.717) is 31.7 Å². The summed E-state index contributed by atoms with van der Waals surface area (Å²) in [5.41, 5.74) is 0.340. The van der Waals surface area contributed by atoms with E-state index in [-0.39, 0.29) is 24.0 Å². The standard InChI is InChI=1S/C18H19N3O7/c22-14-6-5-13(15(23)20-14)21-16(24)11-4-3-10(9-12(11)17(21)25)28-8-2-1-7-19-18(26)27/h3-4,9,13,19H,1-2,5-8H2,(H,26,27)(H,20,22,23). The van der Waals surface area contributed by atoms with Crippen molar-refractivity contribution in [3.63, 3.8) is 0 Å². The maximum Gasteiger partial charge on any atom is 0.404 e. The monoisotopic (exact) mass is 389 g/mol. The van der Waals surface area contributed by atoms with Crippen molar-refractivity contribution >= 4 is 29.7 Å². The lowest BCUT2D eigenvalue weighted by Gasteiger charge is -2.27.